The molecule has 1 aromatic carbocycles. The summed E-state index contributed by atoms with van der Waals surface area (Å²) in [5.74, 6) is 0.300. The molecule has 3 aromatic rings. The Kier molecular flexibility index (Phi) is 7.02. The van der Waals surface area contributed by atoms with E-state index >= 15 is 0 Å². The minimum atomic E-state index is -0.298. The number of ether oxygens (including phenoxy) is 1. The number of hydrogen-bond donors (Lipinski definition) is 0. The van der Waals surface area contributed by atoms with E-state index < -0.39 is 0 Å². The van der Waals surface area contributed by atoms with Crippen LogP contribution in [-0.4, -0.2) is 52.5 Å². The highest BCUT2D eigenvalue weighted by molar-refractivity contribution is 7.20. The molecule has 9 heteroatoms. The molecule has 1 aliphatic rings. The number of carbonyl (C=O) groups is 2. The predicted molar refractivity (Wildman–Crippen MR) is 134 cm³/mol. The minimum Gasteiger partial charge on any atom is -0.492 e. The summed E-state index contributed by atoms with van der Waals surface area (Å²) in [6, 6.07) is 7.52. The van der Waals surface area contributed by atoms with Gasteiger partial charge in [-0.05, 0) is 57.7 Å². The van der Waals surface area contributed by atoms with Crippen molar-refractivity contribution < 1.29 is 14.3 Å². The first-order valence-electron chi connectivity index (χ1n) is 11.6. The van der Waals surface area contributed by atoms with Gasteiger partial charge in [0.1, 0.15) is 17.1 Å². The second kappa shape index (κ2) is 9.97. The molecule has 0 radical (unpaired) electrons. The van der Waals surface area contributed by atoms with Crippen molar-refractivity contribution in [2.24, 2.45) is 0 Å². The zero-order valence-corrected chi connectivity index (χ0v) is 20.9. The first-order chi connectivity index (χ1) is 16.3. The van der Waals surface area contributed by atoms with Gasteiger partial charge in [-0.2, -0.15) is 0 Å². The summed E-state index contributed by atoms with van der Waals surface area (Å²) in [4.78, 5) is 48.3. The van der Waals surface area contributed by atoms with Crippen LogP contribution < -0.4 is 15.2 Å². The molecule has 0 spiro atoms. The van der Waals surface area contributed by atoms with E-state index in [1.807, 2.05) is 43.0 Å². The van der Waals surface area contributed by atoms with E-state index in [9.17, 15) is 14.4 Å². The average Bonchev–Trinajstić information content (AvgIpc) is 3.17. The topological polar surface area (TPSA) is 84.7 Å². The molecule has 180 valence electrons. The maximum atomic E-state index is 13.4. The van der Waals surface area contributed by atoms with E-state index in [2.05, 4.69) is 4.98 Å². The molecule has 0 bridgehead atoms. The summed E-state index contributed by atoms with van der Waals surface area (Å²) in [6.07, 6.45) is 4.49. The second-order valence-electron chi connectivity index (χ2n) is 8.61. The Bertz CT molecular complexity index is 1280. The highest BCUT2D eigenvalue weighted by Crippen LogP contribution is 2.32. The number of amides is 2. The van der Waals surface area contributed by atoms with Crippen LogP contribution in [0.3, 0.4) is 0 Å². The van der Waals surface area contributed by atoms with E-state index in [0.29, 0.717) is 38.7 Å². The SMILES string of the molecule is CCOc1ccccc1N(C)C(=O)c1sc2ncn(CC(=O)N3CCCCC3C)c(=O)c2c1C. The molecule has 1 atom stereocenters. The van der Waals surface area contributed by atoms with Crippen molar-refractivity contribution in [2.75, 3.05) is 25.1 Å². The number of rotatable bonds is 6. The third-order valence-electron chi connectivity index (χ3n) is 6.37. The number of thiophene rings is 1. The third-order valence-corrected chi connectivity index (χ3v) is 7.56. The Balaban J connectivity index is 1.64. The third kappa shape index (κ3) is 4.44. The summed E-state index contributed by atoms with van der Waals surface area (Å²) in [7, 11) is 1.69. The van der Waals surface area contributed by atoms with Crippen LogP contribution in [0.2, 0.25) is 0 Å². The molecule has 0 saturated carbocycles. The summed E-state index contributed by atoms with van der Waals surface area (Å²) >= 11 is 1.19. The number of para-hydroxylation sites is 2. The van der Waals surface area contributed by atoms with Gasteiger partial charge in [0.15, 0.2) is 0 Å². The van der Waals surface area contributed by atoms with Crippen LogP contribution in [-0.2, 0) is 11.3 Å². The van der Waals surface area contributed by atoms with Gasteiger partial charge in [-0.1, -0.05) is 12.1 Å². The van der Waals surface area contributed by atoms with Crippen LogP contribution in [0.15, 0.2) is 35.4 Å². The van der Waals surface area contributed by atoms with Gasteiger partial charge >= 0.3 is 0 Å². The van der Waals surface area contributed by atoms with Crippen molar-refractivity contribution in [2.45, 2.75) is 52.6 Å². The van der Waals surface area contributed by atoms with E-state index in [0.717, 1.165) is 25.8 Å². The molecule has 1 unspecified atom stereocenters. The fraction of sp³-hybridized carbons (Fsp3) is 0.440. The zero-order chi connectivity index (χ0) is 24.4. The Morgan fingerprint density at radius 3 is 2.76 bits per heavy atom. The number of carbonyl (C=O) groups excluding carboxylic acids is 2. The lowest BCUT2D eigenvalue weighted by molar-refractivity contribution is -0.135. The molecule has 0 N–H and O–H groups in total. The fourth-order valence-electron chi connectivity index (χ4n) is 4.45. The van der Waals surface area contributed by atoms with Crippen molar-refractivity contribution in [3.63, 3.8) is 0 Å². The number of likely N-dealkylation sites (tertiary alicyclic amines) is 1. The van der Waals surface area contributed by atoms with Gasteiger partial charge in [-0.15, -0.1) is 11.3 Å². The van der Waals surface area contributed by atoms with Crippen LogP contribution in [0.25, 0.3) is 10.2 Å². The number of anilines is 1. The van der Waals surface area contributed by atoms with Crippen LogP contribution in [0.5, 0.6) is 5.75 Å². The largest absolute Gasteiger partial charge is 0.492 e. The monoisotopic (exact) mass is 482 g/mol. The number of nitrogens with zero attached hydrogens (tertiary/aromatic N) is 4. The maximum Gasteiger partial charge on any atom is 0.268 e. The van der Waals surface area contributed by atoms with Crippen molar-refractivity contribution in [1.29, 1.82) is 0 Å². The smallest absolute Gasteiger partial charge is 0.268 e. The lowest BCUT2D eigenvalue weighted by atomic mass is 10.0. The first-order valence-corrected chi connectivity index (χ1v) is 12.4. The Hall–Kier alpha value is -3.20. The zero-order valence-electron chi connectivity index (χ0n) is 20.0. The molecule has 1 fully saturated rings. The standard InChI is InChI=1S/C25H30N4O4S/c1-5-33-19-12-7-6-11-18(19)27(4)25(32)22-17(3)21-23(34-22)26-15-28(24(21)31)14-20(30)29-13-9-8-10-16(29)2/h6-7,11-12,15-16H,5,8-10,13-14H2,1-4H3. The summed E-state index contributed by atoms with van der Waals surface area (Å²) < 4.78 is 7.03. The number of aromatic nitrogens is 2. The number of aryl methyl sites for hydroxylation is 1. The molecular weight excluding hydrogens is 452 g/mol. The van der Waals surface area contributed by atoms with Crippen LogP contribution in [0, 0.1) is 6.92 Å². The number of fused-ring (bicyclic) bond motifs is 1. The van der Waals surface area contributed by atoms with E-state index in [-0.39, 0.29) is 30.0 Å². The fourth-order valence-corrected chi connectivity index (χ4v) is 5.57. The van der Waals surface area contributed by atoms with Gasteiger partial charge in [0, 0.05) is 19.6 Å². The molecular formula is C25H30N4O4S. The molecule has 1 aliphatic heterocycles. The van der Waals surface area contributed by atoms with Crippen molar-refractivity contribution >= 4 is 39.1 Å². The van der Waals surface area contributed by atoms with Crippen LogP contribution >= 0.6 is 11.3 Å². The molecule has 4 rings (SSSR count). The van der Waals surface area contributed by atoms with E-state index in [1.165, 1.54) is 27.1 Å². The van der Waals surface area contributed by atoms with Crippen molar-refractivity contribution in [3.05, 3.63) is 51.4 Å². The Morgan fingerprint density at radius 1 is 1.26 bits per heavy atom. The Morgan fingerprint density at radius 2 is 2.03 bits per heavy atom. The van der Waals surface area contributed by atoms with E-state index in [1.54, 1.807) is 14.0 Å². The van der Waals surface area contributed by atoms with Gasteiger partial charge in [0.05, 0.1) is 28.9 Å². The lowest BCUT2D eigenvalue weighted by Crippen LogP contribution is -2.44. The highest BCUT2D eigenvalue weighted by atomic mass is 32.1. The average molecular weight is 483 g/mol. The minimum absolute atomic E-state index is 0.0493. The molecule has 0 aliphatic carbocycles. The van der Waals surface area contributed by atoms with Crippen molar-refractivity contribution in [1.82, 2.24) is 14.5 Å². The molecule has 2 amide bonds. The highest BCUT2D eigenvalue weighted by Gasteiger charge is 2.26. The lowest BCUT2D eigenvalue weighted by Gasteiger charge is -2.33. The van der Waals surface area contributed by atoms with Crippen LogP contribution in [0.1, 0.15) is 48.3 Å². The summed E-state index contributed by atoms with van der Waals surface area (Å²) in [5.41, 5.74) is 0.933. The molecule has 1 saturated heterocycles. The normalized spacial score (nSPS) is 16.0. The number of piperidine rings is 1. The molecule has 2 aromatic heterocycles. The van der Waals surface area contributed by atoms with Gasteiger partial charge in [-0.3, -0.25) is 19.0 Å². The first kappa shape index (κ1) is 23.9. The van der Waals surface area contributed by atoms with Gasteiger partial charge in [0.2, 0.25) is 5.91 Å². The number of benzene rings is 1. The molecule has 8 nitrogen and oxygen atoms in total. The molecule has 34 heavy (non-hydrogen) atoms. The second-order valence-corrected chi connectivity index (χ2v) is 9.61. The summed E-state index contributed by atoms with van der Waals surface area (Å²) in [5, 5.41) is 0.391. The van der Waals surface area contributed by atoms with E-state index in [4.69, 9.17) is 4.74 Å². The quantitative estimate of drug-likeness (QED) is 0.533. The summed E-state index contributed by atoms with van der Waals surface area (Å²) in [6.45, 7) is 6.85. The molecule has 3 heterocycles. The predicted octanol–water partition coefficient (Wildman–Crippen LogP) is 3.84. The Labute approximate surface area is 202 Å². The van der Waals surface area contributed by atoms with Crippen molar-refractivity contribution in [3.8, 4) is 5.75 Å². The maximum absolute atomic E-state index is 13.4. The van der Waals surface area contributed by atoms with Crippen LogP contribution in [0.4, 0.5) is 5.69 Å². The number of hydrogen-bond acceptors (Lipinski definition) is 6. The van der Waals surface area contributed by atoms with Gasteiger partial charge in [-0.25, -0.2) is 4.98 Å². The van der Waals surface area contributed by atoms with Gasteiger partial charge < -0.3 is 14.5 Å². The van der Waals surface area contributed by atoms with Gasteiger partial charge in [0.25, 0.3) is 11.5 Å².